The third-order valence-electron chi connectivity index (χ3n) is 4.20. The van der Waals surface area contributed by atoms with Crippen LogP contribution in [0.25, 0.3) is 0 Å². The first kappa shape index (κ1) is 15.9. The Morgan fingerprint density at radius 3 is 2.43 bits per heavy atom. The molecule has 0 aliphatic heterocycles. The Morgan fingerprint density at radius 1 is 1.04 bits per heavy atom. The van der Waals surface area contributed by atoms with Gasteiger partial charge in [-0.15, -0.1) is 0 Å². The van der Waals surface area contributed by atoms with Gasteiger partial charge in [0, 0.05) is 12.1 Å². The standard InChI is InChI=1S/C18H19NO3S/c1-13(20)15-7-9-18(10-8-15)23(21,22)19-12-14-5-6-16-3-2-4-17(16)11-14/h5-11,19H,2-4,12H2,1H3. The molecule has 0 amide bonds. The molecule has 0 aromatic heterocycles. The first-order valence-electron chi connectivity index (χ1n) is 7.67. The zero-order chi connectivity index (χ0) is 16.4. The van der Waals surface area contributed by atoms with Gasteiger partial charge in [0.25, 0.3) is 0 Å². The van der Waals surface area contributed by atoms with Crippen LogP contribution in [-0.4, -0.2) is 14.2 Å². The summed E-state index contributed by atoms with van der Waals surface area (Å²) in [5.41, 5.74) is 4.17. The van der Waals surface area contributed by atoms with Gasteiger partial charge < -0.3 is 0 Å². The minimum atomic E-state index is -3.58. The molecule has 0 saturated heterocycles. The average Bonchev–Trinajstić information content (AvgIpc) is 3.01. The second-order valence-electron chi connectivity index (χ2n) is 5.86. The highest BCUT2D eigenvalue weighted by atomic mass is 32.2. The molecule has 0 spiro atoms. The van der Waals surface area contributed by atoms with E-state index in [0.717, 1.165) is 18.4 Å². The minimum Gasteiger partial charge on any atom is -0.295 e. The molecule has 2 aromatic carbocycles. The molecule has 0 radical (unpaired) electrons. The van der Waals surface area contributed by atoms with Crippen molar-refractivity contribution in [2.45, 2.75) is 37.6 Å². The molecule has 5 heteroatoms. The molecule has 1 aliphatic carbocycles. The molecule has 1 N–H and O–H groups in total. The van der Waals surface area contributed by atoms with E-state index in [4.69, 9.17) is 0 Å². The van der Waals surface area contributed by atoms with Crippen LogP contribution < -0.4 is 4.72 Å². The van der Waals surface area contributed by atoms with Crippen molar-refractivity contribution in [1.29, 1.82) is 0 Å². The molecule has 23 heavy (non-hydrogen) atoms. The Labute approximate surface area is 136 Å². The van der Waals surface area contributed by atoms with Crippen LogP contribution in [0.4, 0.5) is 0 Å². The molecule has 1 aliphatic rings. The zero-order valence-corrected chi connectivity index (χ0v) is 13.8. The van der Waals surface area contributed by atoms with Crippen LogP contribution in [0, 0.1) is 0 Å². The van der Waals surface area contributed by atoms with E-state index in [1.807, 2.05) is 6.07 Å². The van der Waals surface area contributed by atoms with Crippen LogP contribution in [0.1, 0.15) is 40.4 Å². The summed E-state index contributed by atoms with van der Waals surface area (Å²) in [5.74, 6) is -0.0833. The number of hydrogen-bond acceptors (Lipinski definition) is 3. The van der Waals surface area contributed by atoms with E-state index in [2.05, 4.69) is 16.9 Å². The number of carbonyl (C=O) groups excluding carboxylic acids is 1. The number of fused-ring (bicyclic) bond motifs is 1. The molecule has 4 nitrogen and oxygen atoms in total. The Hall–Kier alpha value is -1.98. The largest absolute Gasteiger partial charge is 0.295 e. The fourth-order valence-corrected chi connectivity index (χ4v) is 3.88. The van der Waals surface area contributed by atoms with Crippen molar-refractivity contribution in [2.75, 3.05) is 0 Å². The van der Waals surface area contributed by atoms with Gasteiger partial charge in [0.15, 0.2) is 5.78 Å². The molecule has 0 heterocycles. The normalized spacial score (nSPS) is 13.8. The fraction of sp³-hybridized carbons (Fsp3) is 0.278. The van der Waals surface area contributed by atoms with Crippen molar-refractivity contribution >= 4 is 15.8 Å². The first-order chi connectivity index (χ1) is 11.0. The van der Waals surface area contributed by atoms with E-state index in [9.17, 15) is 13.2 Å². The summed E-state index contributed by atoms with van der Waals surface area (Å²) in [4.78, 5) is 11.4. The summed E-state index contributed by atoms with van der Waals surface area (Å²) < 4.78 is 27.3. The fourth-order valence-electron chi connectivity index (χ4n) is 2.87. The Kier molecular flexibility index (Phi) is 4.33. The van der Waals surface area contributed by atoms with E-state index >= 15 is 0 Å². The number of Topliss-reactive ketones (excluding diaryl/α,β-unsaturated/α-hetero) is 1. The van der Waals surface area contributed by atoms with Gasteiger partial charge >= 0.3 is 0 Å². The molecule has 0 atom stereocenters. The van der Waals surface area contributed by atoms with E-state index in [1.165, 1.54) is 48.7 Å². The lowest BCUT2D eigenvalue weighted by Crippen LogP contribution is -2.23. The van der Waals surface area contributed by atoms with Crippen molar-refractivity contribution < 1.29 is 13.2 Å². The van der Waals surface area contributed by atoms with Crippen LogP contribution in [-0.2, 0) is 29.4 Å². The highest BCUT2D eigenvalue weighted by Gasteiger charge is 2.15. The Balaban J connectivity index is 1.72. The third kappa shape index (κ3) is 3.51. The second kappa shape index (κ2) is 6.26. The summed E-state index contributed by atoms with van der Waals surface area (Å²) in [6.07, 6.45) is 3.36. The minimum absolute atomic E-state index is 0.0833. The van der Waals surface area contributed by atoms with Crippen molar-refractivity contribution in [2.24, 2.45) is 0 Å². The molecular formula is C18H19NO3S. The van der Waals surface area contributed by atoms with Gasteiger partial charge in [-0.1, -0.05) is 30.3 Å². The maximum atomic E-state index is 12.3. The summed E-state index contributed by atoms with van der Waals surface area (Å²) in [7, 11) is -3.58. The second-order valence-corrected chi connectivity index (χ2v) is 7.63. The maximum Gasteiger partial charge on any atom is 0.240 e. The van der Waals surface area contributed by atoms with Crippen LogP contribution in [0.15, 0.2) is 47.4 Å². The lowest BCUT2D eigenvalue weighted by Gasteiger charge is -2.09. The van der Waals surface area contributed by atoms with E-state index in [1.54, 1.807) is 0 Å². The van der Waals surface area contributed by atoms with Gasteiger partial charge in [0.1, 0.15) is 0 Å². The number of nitrogens with one attached hydrogen (secondary N) is 1. The van der Waals surface area contributed by atoms with Crippen molar-refractivity contribution in [3.05, 3.63) is 64.7 Å². The number of carbonyl (C=O) groups is 1. The van der Waals surface area contributed by atoms with Crippen molar-refractivity contribution in [3.63, 3.8) is 0 Å². The summed E-state index contributed by atoms with van der Waals surface area (Å²) in [6.45, 7) is 1.72. The highest BCUT2D eigenvalue weighted by molar-refractivity contribution is 7.89. The maximum absolute atomic E-state index is 12.3. The number of hydrogen-bond donors (Lipinski definition) is 1. The lowest BCUT2D eigenvalue weighted by molar-refractivity contribution is 0.101. The van der Waals surface area contributed by atoms with Gasteiger partial charge in [0.05, 0.1) is 4.90 Å². The quantitative estimate of drug-likeness (QED) is 0.858. The topological polar surface area (TPSA) is 63.2 Å². The molecular weight excluding hydrogens is 310 g/mol. The van der Waals surface area contributed by atoms with Crippen LogP contribution in [0.2, 0.25) is 0 Å². The molecule has 0 unspecified atom stereocenters. The zero-order valence-electron chi connectivity index (χ0n) is 13.0. The van der Waals surface area contributed by atoms with Crippen LogP contribution in [0.3, 0.4) is 0 Å². The summed E-state index contributed by atoms with van der Waals surface area (Å²) in [5, 5.41) is 0. The molecule has 3 rings (SSSR count). The summed E-state index contributed by atoms with van der Waals surface area (Å²) >= 11 is 0. The van der Waals surface area contributed by atoms with Crippen molar-refractivity contribution in [1.82, 2.24) is 4.72 Å². The van der Waals surface area contributed by atoms with Gasteiger partial charge in [-0.2, -0.15) is 0 Å². The SMILES string of the molecule is CC(=O)c1ccc(S(=O)(=O)NCc2ccc3c(c2)CCC3)cc1. The molecule has 0 fully saturated rings. The number of ketones is 1. The predicted octanol–water partition coefficient (Wildman–Crippen LogP) is 2.86. The summed E-state index contributed by atoms with van der Waals surface area (Å²) in [6, 6.07) is 12.1. The Morgan fingerprint density at radius 2 is 1.74 bits per heavy atom. The lowest BCUT2D eigenvalue weighted by atomic mass is 10.1. The highest BCUT2D eigenvalue weighted by Crippen LogP contribution is 2.23. The van der Waals surface area contributed by atoms with Crippen molar-refractivity contribution in [3.8, 4) is 0 Å². The smallest absolute Gasteiger partial charge is 0.240 e. The van der Waals surface area contributed by atoms with Crippen LogP contribution >= 0.6 is 0 Å². The third-order valence-corrected chi connectivity index (χ3v) is 5.62. The number of aryl methyl sites for hydroxylation is 2. The number of sulfonamides is 1. The molecule has 0 bridgehead atoms. The molecule has 120 valence electrons. The van der Waals surface area contributed by atoms with Gasteiger partial charge in [-0.25, -0.2) is 13.1 Å². The number of benzene rings is 2. The van der Waals surface area contributed by atoms with E-state index in [0.29, 0.717) is 5.56 Å². The molecule has 0 saturated carbocycles. The molecule has 2 aromatic rings. The van der Waals surface area contributed by atoms with Crippen LogP contribution in [0.5, 0.6) is 0 Å². The van der Waals surface area contributed by atoms with Gasteiger partial charge in [0.2, 0.25) is 10.0 Å². The number of rotatable bonds is 5. The van der Waals surface area contributed by atoms with E-state index in [-0.39, 0.29) is 17.2 Å². The predicted molar refractivity (Wildman–Crippen MR) is 88.9 cm³/mol. The van der Waals surface area contributed by atoms with Gasteiger partial charge in [-0.05, 0) is 55.0 Å². The Bertz CT molecular complexity index is 839. The average molecular weight is 329 g/mol. The first-order valence-corrected chi connectivity index (χ1v) is 9.15. The monoisotopic (exact) mass is 329 g/mol. The van der Waals surface area contributed by atoms with E-state index < -0.39 is 10.0 Å². The van der Waals surface area contributed by atoms with Gasteiger partial charge in [-0.3, -0.25) is 4.79 Å².